The summed E-state index contributed by atoms with van der Waals surface area (Å²) in [6.45, 7) is 2.49. The summed E-state index contributed by atoms with van der Waals surface area (Å²) in [5.41, 5.74) is 0. The maximum atomic E-state index is 10.5. The highest BCUT2D eigenvalue weighted by atomic mass is 17.2. The lowest BCUT2D eigenvalue weighted by Crippen LogP contribution is -2.06. The molecule has 0 aromatic rings. The molecule has 0 aromatic carbocycles. The average Bonchev–Trinajstić information content (AvgIpc) is 2.25. The first kappa shape index (κ1) is 12.1. The Labute approximate surface area is 92.3 Å². The Balaban J connectivity index is 2.38. The SMILES string of the molecule is CC(=O)OOC1=CC=C(OOC(C)=O)CC1. The molecule has 0 N–H and O–H groups in total. The zero-order chi connectivity index (χ0) is 12.0. The van der Waals surface area contributed by atoms with Gasteiger partial charge in [-0.2, -0.15) is 0 Å². The van der Waals surface area contributed by atoms with E-state index in [4.69, 9.17) is 9.78 Å². The Kier molecular flexibility index (Phi) is 4.38. The van der Waals surface area contributed by atoms with Gasteiger partial charge >= 0.3 is 11.9 Å². The van der Waals surface area contributed by atoms with Crippen LogP contribution in [-0.4, -0.2) is 11.9 Å². The highest BCUT2D eigenvalue weighted by Gasteiger charge is 2.12. The number of carbonyl (C=O) groups excluding carboxylic acids is 2. The third-order valence-corrected chi connectivity index (χ3v) is 1.61. The lowest BCUT2D eigenvalue weighted by molar-refractivity contribution is -0.252. The molecule has 6 nitrogen and oxygen atoms in total. The Morgan fingerprint density at radius 3 is 1.56 bits per heavy atom. The van der Waals surface area contributed by atoms with Gasteiger partial charge in [0.25, 0.3) is 0 Å². The monoisotopic (exact) mass is 228 g/mol. The summed E-state index contributed by atoms with van der Waals surface area (Å²) in [5, 5.41) is 0. The van der Waals surface area contributed by atoms with Crippen molar-refractivity contribution in [2.24, 2.45) is 0 Å². The number of hydrogen-bond donors (Lipinski definition) is 0. The number of allylic oxidation sites excluding steroid dienone is 4. The van der Waals surface area contributed by atoms with Gasteiger partial charge in [0, 0.05) is 26.7 Å². The third kappa shape index (κ3) is 4.50. The summed E-state index contributed by atoms with van der Waals surface area (Å²) in [7, 11) is 0. The van der Waals surface area contributed by atoms with Crippen molar-refractivity contribution in [3.8, 4) is 0 Å². The van der Waals surface area contributed by atoms with E-state index in [1.165, 1.54) is 13.8 Å². The fourth-order valence-corrected chi connectivity index (χ4v) is 0.962. The van der Waals surface area contributed by atoms with Crippen LogP contribution in [0.5, 0.6) is 0 Å². The predicted octanol–water partition coefficient (Wildman–Crippen LogP) is 1.54. The standard InChI is InChI=1S/C10H12O6/c1-7(11)13-15-9-3-5-10(6-4-9)16-14-8(2)12/h3,5H,4,6H2,1-2H3. The minimum atomic E-state index is -0.521. The van der Waals surface area contributed by atoms with Gasteiger partial charge < -0.3 is 0 Å². The highest BCUT2D eigenvalue weighted by molar-refractivity contribution is 5.65. The molecule has 1 rings (SSSR count). The van der Waals surface area contributed by atoms with Crippen LogP contribution in [0.2, 0.25) is 0 Å². The molecule has 0 amide bonds. The van der Waals surface area contributed by atoms with Gasteiger partial charge in [-0.3, -0.25) is 19.6 Å². The van der Waals surface area contributed by atoms with Crippen molar-refractivity contribution in [3.63, 3.8) is 0 Å². The van der Waals surface area contributed by atoms with Gasteiger partial charge in [-0.05, 0) is 12.2 Å². The third-order valence-electron chi connectivity index (χ3n) is 1.61. The predicted molar refractivity (Wildman–Crippen MR) is 51.1 cm³/mol. The minimum Gasteiger partial charge on any atom is -0.292 e. The van der Waals surface area contributed by atoms with Crippen LogP contribution in [0, 0.1) is 0 Å². The zero-order valence-electron chi connectivity index (χ0n) is 9.02. The quantitative estimate of drug-likeness (QED) is 0.536. The molecule has 0 radical (unpaired) electrons. The molecule has 88 valence electrons. The first-order valence-corrected chi connectivity index (χ1v) is 4.68. The van der Waals surface area contributed by atoms with Gasteiger partial charge in [0.1, 0.15) is 0 Å². The van der Waals surface area contributed by atoms with Crippen molar-refractivity contribution < 1.29 is 29.1 Å². The molecule has 0 saturated carbocycles. The highest BCUT2D eigenvalue weighted by Crippen LogP contribution is 2.20. The molecule has 0 bridgehead atoms. The van der Waals surface area contributed by atoms with E-state index in [1.807, 2.05) is 0 Å². The van der Waals surface area contributed by atoms with Crippen LogP contribution >= 0.6 is 0 Å². The summed E-state index contributed by atoms with van der Waals surface area (Å²) in [5.74, 6) is -0.0329. The number of carbonyl (C=O) groups is 2. The molecular formula is C10H12O6. The van der Waals surface area contributed by atoms with Gasteiger partial charge in [0.05, 0.1) is 0 Å². The second-order valence-corrected chi connectivity index (χ2v) is 3.08. The van der Waals surface area contributed by atoms with Crippen molar-refractivity contribution in [3.05, 3.63) is 23.7 Å². The van der Waals surface area contributed by atoms with E-state index < -0.39 is 11.9 Å². The van der Waals surface area contributed by atoms with Crippen LogP contribution < -0.4 is 0 Å². The maximum Gasteiger partial charge on any atom is 0.352 e. The van der Waals surface area contributed by atoms with E-state index >= 15 is 0 Å². The largest absolute Gasteiger partial charge is 0.352 e. The van der Waals surface area contributed by atoms with E-state index in [9.17, 15) is 9.59 Å². The molecule has 0 aliphatic heterocycles. The smallest absolute Gasteiger partial charge is 0.292 e. The molecule has 1 aliphatic rings. The van der Waals surface area contributed by atoms with Gasteiger partial charge in [-0.15, -0.1) is 0 Å². The molecule has 0 heterocycles. The van der Waals surface area contributed by atoms with Crippen molar-refractivity contribution in [1.82, 2.24) is 0 Å². The van der Waals surface area contributed by atoms with Crippen molar-refractivity contribution in [2.45, 2.75) is 26.7 Å². The van der Waals surface area contributed by atoms with Crippen molar-refractivity contribution >= 4 is 11.9 Å². The summed E-state index contributed by atoms with van der Waals surface area (Å²) in [6, 6.07) is 0. The first-order valence-electron chi connectivity index (χ1n) is 4.68. The molecule has 1 aliphatic carbocycles. The molecule has 0 unspecified atom stereocenters. The van der Waals surface area contributed by atoms with Crippen molar-refractivity contribution in [1.29, 1.82) is 0 Å². The average molecular weight is 228 g/mol. The second-order valence-electron chi connectivity index (χ2n) is 3.08. The van der Waals surface area contributed by atoms with Gasteiger partial charge in [0.2, 0.25) is 0 Å². The lowest BCUT2D eigenvalue weighted by Gasteiger charge is -2.12. The van der Waals surface area contributed by atoms with Crippen molar-refractivity contribution in [2.75, 3.05) is 0 Å². The summed E-state index contributed by atoms with van der Waals surface area (Å²) < 4.78 is 0. The van der Waals surface area contributed by atoms with Gasteiger partial charge in [-0.25, -0.2) is 9.59 Å². The van der Waals surface area contributed by atoms with E-state index in [-0.39, 0.29) is 0 Å². The molecule has 0 fully saturated rings. The zero-order valence-corrected chi connectivity index (χ0v) is 9.02. The minimum absolute atomic E-state index is 0.500. The Hall–Kier alpha value is -1.98. The van der Waals surface area contributed by atoms with Gasteiger partial charge in [-0.1, -0.05) is 0 Å². The maximum absolute atomic E-state index is 10.5. The first-order chi connectivity index (χ1) is 7.58. The lowest BCUT2D eigenvalue weighted by atomic mass is 10.1. The summed E-state index contributed by atoms with van der Waals surface area (Å²) >= 11 is 0. The Morgan fingerprint density at radius 2 is 1.31 bits per heavy atom. The topological polar surface area (TPSA) is 71.1 Å². The summed E-state index contributed by atoms with van der Waals surface area (Å²) in [4.78, 5) is 39.1. The fraction of sp³-hybridized carbons (Fsp3) is 0.400. The van der Waals surface area contributed by atoms with E-state index in [0.717, 1.165) is 0 Å². The normalized spacial score (nSPS) is 14.4. The van der Waals surface area contributed by atoms with Crippen LogP contribution in [-0.2, 0) is 29.1 Å². The molecule has 0 spiro atoms. The molecule has 0 saturated heterocycles. The van der Waals surface area contributed by atoms with Crippen LogP contribution in [0.4, 0.5) is 0 Å². The molecule has 0 aromatic heterocycles. The van der Waals surface area contributed by atoms with Crippen LogP contribution in [0.15, 0.2) is 23.7 Å². The molecule has 16 heavy (non-hydrogen) atoms. The Bertz CT molecular complexity index is 307. The molecule has 0 atom stereocenters. The fourth-order valence-electron chi connectivity index (χ4n) is 0.962. The van der Waals surface area contributed by atoms with Gasteiger partial charge in [0.15, 0.2) is 11.5 Å². The summed E-state index contributed by atoms with van der Waals surface area (Å²) in [6.07, 6.45) is 4.15. The van der Waals surface area contributed by atoms with E-state index in [0.29, 0.717) is 24.4 Å². The number of hydrogen-bond acceptors (Lipinski definition) is 6. The Morgan fingerprint density at radius 1 is 0.938 bits per heavy atom. The number of rotatable bonds is 4. The molecule has 6 heteroatoms. The van der Waals surface area contributed by atoms with Crippen LogP contribution in [0.25, 0.3) is 0 Å². The second kappa shape index (κ2) is 5.79. The van der Waals surface area contributed by atoms with E-state index in [2.05, 4.69) is 9.78 Å². The van der Waals surface area contributed by atoms with Crippen LogP contribution in [0.1, 0.15) is 26.7 Å². The molecular weight excluding hydrogens is 216 g/mol. The van der Waals surface area contributed by atoms with E-state index in [1.54, 1.807) is 12.2 Å². The van der Waals surface area contributed by atoms with Crippen LogP contribution in [0.3, 0.4) is 0 Å².